The Balaban J connectivity index is 1.91. The summed E-state index contributed by atoms with van der Waals surface area (Å²) in [6.45, 7) is 1.92. The molecule has 0 amide bonds. The maximum atomic E-state index is 12.6. The predicted octanol–water partition coefficient (Wildman–Crippen LogP) is 6.43. The van der Waals surface area contributed by atoms with Crippen molar-refractivity contribution in [1.82, 2.24) is 0 Å². The van der Waals surface area contributed by atoms with E-state index in [1.165, 1.54) is 31.4 Å². The summed E-state index contributed by atoms with van der Waals surface area (Å²) in [6.07, 6.45) is 1.64. The van der Waals surface area contributed by atoms with Crippen LogP contribution >= 0.6 is 45.8 Å². The Morgan fingerprint density at radius 3 is 2.37 bits per heavy atom. The highest BCUT2D eigenvalue weighted by atomic mass is 127. The Morgan fingerprint density at radius 1 is 1.03 bits per heavy atom. The van der Waals surface area contributed by atoms with Crippen LogP contribution in [0.4, 0.5) is 5.69 Å². The van der Waals surface area contributed by atoms with Crippen LogP contribution in [0.15, 0.2) is 64.5 Å². The van der Waals surface area contributed by atoms with Gasteiger partial charge in [0, 0.05) is 16.3 Å². The highest BCUT2D eigenvalue weighted by Crippen LogP contribution is 2.36. The van der Waals surface area contributed by atoms with Crippen molar-refractivity contribution < 1.29 is 17.3 Å². The second-order valence-corrected chi connectivity index (χ2v) is 9.77. The minimum atomic E-state index is -4.05. The predicted molar refractivity (Wildman–Crippen MR) is 128 cm³/mol. The quantitative estimate of drug-likeness (QED) is 0.193. The van der Waals surface area contributed by atoms with Crippen LogP contribution in [0.3, 0.4) is 0 Å². The van der Waals surface area contributed by atoms with Crippen LogP contribution in [0.2, 0.25) is 10.0 Å². The van der Waals surface area contributed by atoms with Gasteiger partial charge in [-0.1, -0.05) is 29.3 Å². The summed E-state index contributed by atoms with van der Waals surface area (Å²) in [7, 11) is -2.62. The summed E-state index contributed by atoms with van der Waals surface area (Å²) in [4.78, 5) is 4.41. The largest absolute Gasteiger partial charge is 0.493 e. The molecule has 0 radical (unpaired) electrons. The smallest absolute Gasteiger partial charge is 0.339 e. The summed E-state index contributed by atoms with van der Waals surface area (Å²) < 4.78 is 36.5. The maximum absolute atomic E-state index is 12.6. The van der Waals surface area contributed by atoms with Crippen LogP contribution in [0.25, 0.3) is 0 Å². The van der Waals surface area contributed by atoms with E-state index in [4.69, 9.17) is 32.1 Å². The Labute approximate surface area is 198 Å². The summed E-state index contributed by atoms with van der Waals surface area (Å²) in [5.41, 5.74) is 2.38. The van der Waals surface area contributed by atoms with Crippen LogP contribution in [0.5, 0.6) is 11.5 Å². The van der Waals surface area contributed by atoms with Crippen molar-refractivity contribution in [3.05, 3.63) is 79.3 Å². The standard InChI is InChI=1S/C21H16Cl2INO4S/c1-13-3-6-16(11-18(13)23)25-12-14-9-19(24)21(20(10-14)28-2)29-30(26,27)17-7-4-15(22)5-8-17/h3-12H,1-2H3. The number of benzene rings is 3. The molecule has 156 valence electrons. The first-order valence-corrected chi connectivity index (χ1v) is 11.8. The average Bonchev–Trinajstić information content (AvgIpc) is 2.70. The lowest BCUT2D eigenvalue weighted by Gasteiger charge is -2.13. The molecule has 0 saturated heterocycles. The first kappa shape index (κ1) is 22.9. The second kappa shape index (κ2) is 9.55. The van der Waals surface area contributed by atoms with E-state index < -0.39 is 10.1 Å². The number of methoxy groups -OCH3 is 1. The van der Waals surface area contributed by atoms with E-state index in [2.05, 4.69) is 4.99 Å². The van der Waals surface area contributed by atoms with Crippen LogP contribution in [-0.4, -0.2) is 21.7 Å². The molecule has 0 N–H and O–H groups in total. The van der Waals surface area contributed by atoms with Crippen molar-refractivity contribution in [2.75, 3.05) is 7.11 Å². The molecule has 3 aromatic carbocycles. The van der Waals surface area contributed by atoms with Gasteiger partial charge in [-0.25, -0.2) is 0 Å². The molecule has 3 aromatic rings. The summed E-state index contributed by atoms with van der Waals surface area (Å²) >= 11 is 14.0. The molecular formula is C21H16Cl2INO4S. The first-order chi connectivity index (χ1) is 14.2. The highest BCUT2D eigenvalue weighted by Gasteiger charge is 2.22. The molecule has 0 aliphatic rings. The van der Waals surface area contributed by atoms with Crippen molar-refractivity contribution in [2.45, 2.75) is 11.8 Å². The van der Waals surface area contributed by atoms with Crippen molar-refractivity contribution in [3.63, 3.8) is 0 Å². The van der Waals surface area contributed by atoms with Gasteiger partial charge in [0.05, 0.1) is 16.4 Å². The zero-order valence-electron chi connectivity index (χ0n) is 15.9. The molecular weight excluding hydrogens is 560 g/mol. The number of hydrogen-bond acceptors (Lipinski definition) is 5. The lowest BCUT2D eigenvalue weighted by Crippen LogP contribution is -2.11. The lowest BCUT2D eigenvalue weighted by molar-refractivity contribution is 0.389. The van der Waals surface area contributed by atoms with Crippen molar-refractivity contribution in [1.29, 1.82) is 0 Å². The maximum Gasteiger partial charge on any atom is 0.339 e. The normalized spacial score (nSPS) is 11.6. The first-order valence-electron chi connectivity index (χ1n) is 8.57. The molecule has 0 aliphatic carbocycles. The number of aliphatic imine (C=N–C) groups is 1. The van der Waals surface area contributed by atoms with E-state index in [9.17, 15) is 8.42 Å². The lowest BCUT2D eigenvalue weighted by atomic mass is 10.2. The molecule has 0 heterocycles. The Hall–Kier alpha value is -1.81. The number of aryl methyl sites for hydroxylation is 1. The van der Waals surface area contributed by atoms with E-state index in [1.54, 1.807) is 24.4 Å². The zero-order valence-corrected chi connectivity index (χ0v) is 20.4. The fourth-order valence-electron chi connectivity index (χ4n) is 2.47. The highest BCUT2D eigenvalue weighted by molar-refractivity contribution is 14.1. The van der Waals surface area contributed by atoms with Crippen molar-refractivity contribution >= 4 is 67.8 Å². The number of rotatable bonds is 6. The van der Waals surface area contributed by atoms with Crippen LogP contribution < -0.4 is 8.92 Å². The molecule has 0 unspecified atom stereocenters. The number of ether oxygens (including phenoxy) is 1. The average molecular weight is 576 g/mol. The summed E-state index contributed by atoms with van der Waals surface area (Å²) in [5, 5.41) is 1.06. The van der Waals surface area contributed by atoms with Crippen LogP contribution in [-0.2, 0) is 10.1 Å². The minimum Gasteiger partial charge on any atom is -0.493 e. The van der Waals surface area contributed by atoms with Gasteiger partial charge in [-0.05, 0) is 89.2 Å². The van der Waals surface area contributed by atoms with Gasteiger partial charge in [0.2, 0.25) is 0 Å². The fraction of sp³-hybridized carbons (Fsp3) is 0.0952. The fourth-order valence-corrected chi connectivity index (χ4v) is 4.61. The van der Waals surface area contributed by atoms with Gasteiger partial charge < -0.3 is 8.92 Å². The van der Waals surface area contributed by atoms with Crippen LogP contribution in [0.1, 0.15) is 11.1 Å². The SMILES string of the molecule is COc1cc(C=Nc2ccc(C)c(Cl)c2)cc(I)c1OS(=O)(=O)c1ccc(Cl)cc1. The third-order valence-corrected chi connectivity index (χ3v) is 6.76. The zero-order chi connectivity index (χ0) is 21.9. The number of halogens is 3. The molecule has 0 saturated carbocycles. The summed E-state index contributed by atoms with van der Waals surface area (Å²) in [6, 6.07) is 14.6. The van der Waals surface area contributed by atoms with E-state index in [0.29, 0.717) is 24.9 Å². The van der Waals surface area contributed by atoms with Crippen molar-refractivity contribution in [3.8, 4) is 11.5 Å². The molecule has 0 aliphatic heterocycles. The molecule has 0 spiro atoms. The topological polar surface area (TPSA) is 65.0 Å². The molecule has 0 atom stereocenters. The van der Waals surface area contributed by atoms with Crippen molar-refractivity contribution in [2.24, 2.45) is 4.99 Å². The van der Waals surface area contributed by atoms with Gasteiger partial charge >= 0.3 is 10.1 Å². The molecule has 0 bridgehead atoms. The molecule has 0 aromatic heterocycles. The van der Waals surface area contributed by atoms with Gasteiger partial charge in [-0.3, -0.25) is 4.99 Å². The van der Waals surface area contributed by atoms with E-state index in [-0.39, 0.29) is 16.4 Å². The van der Waals surface area contributed by atoms with E-state index >= 15 is 0 Å². The molecule has 9 heteroatoms. The van der Waals surface area contributed by atoms with Gasteiger partial charge in [-0.2, -0.15) is 8.42 Å². The molecule has 30 heavy (non-hydrogen) atoms. The second-order valence-electron chi connectivity index (χ2n) is 6.22. The molecule has 0 fully saturated rings. The third kappa shape index (κ3) is 5.46. The monoisotopic (exact) mass is 575 g/mol. The Kier molecular flexibility index (Phi) is 7.28. The molecule has 5 nitrogen and oxygen atoms in total. The van der Waals surface area contributed by atoms with Gasteiger partial charge in [0.1, 0.15) is 4.90 Å². The van der Waals surface area contributed by atoms with E-state index in [0.717, 1.165) is 5.56 Å². The van der Waals surface area contributed by atoms with Gasteiger partial charge in [0.15, 0.2) is 11.5 Å². The van der Waals surface area contributed by atoms with Gasteiger partial charge in [0.25, 0.3) is 0 Å². The Morgan fingerprint density at radius 2 is 1.73 bits per heavy atom. The third-order valence-electron chi connectivity index (χ3n) is 4.07. The summed E-state index contributed by atoms with van der Waals surface area (Å²) in [5.74, 6) is 0.367. The minimum absolute atomic E-state index is 0.00774. The molecule has 3 rings (SSSR count). The number of nitrogens with zero attached hydrogens (tertiary/aromatic N) is 1. The Bertz CT molecular complexity index is 1210. The van der Waals surface area contributed by atoms with E-state index in [1.807, 2.05) is 41.6 Å². The van der Waals surface area contributed by atoms with Gasteiger partial charge in [-0.15, -0.1) is 0 Å². The number of hydrogen-bond donors (Lipinski definition) is 0. The van der Waals surface area contributed by atoms with Crippen LogP contribution in [0, 0.1) is 10.5 Å².